The van der Waals surface area contributed by atoms with E-state index < -0.39 is 0 Å². The second kappa shape index (κ2) is 4.39. The van der Waals surface area contributed by atoms with E-state index in [1.165, 1.54) is 24.8 Å². The first kappa shape index (κ1) is 11.7. The summed E-state index contributed by atoms with van der Waals surface area (Å²) in [5.41, 5.74) is 3.72. The van der Waals surface area contributed by atoms with Crippen molar-refractivity contribution in [1.82, 2.24) is 10.3 Å². The Morgan fingerprint density at radius 3 is 2.89 bits per heavy atom. The van der Waals surface area contributed by atoms with Gasteiger partial charge in [-0.1, -0.05) is 12.5 Å². The second-order valence-corrected chi connectivity index (χ2v) is 5.60. The van der Waals surface area contributed by atoms with Crippen molar-refractivity contribution in [2.24, 2.45) is 5.41 Å². The van der Waals surface area contributed by atoms with Crippen LogP contribution in [0.15, 0.2) is 22.6 Å². The quantitative estimate of drug-likeness (QED) is 0.898. The third-order valence-electron chi connectivity index (χ3n) is 4.10. The van der Waals surface area contributed by atoms with Crippen molar-refractivity contribution in [1.29, 1.82) is 0 Å². The molecular weight excluding hydrogens is 224 g/mol. The van der Waals surface area contributed by atoms with E-state index in [2.05, 4.69) is 28.5 Å². The van der Waals surface area contributed by atoms with Crippen LogP contribution in [0.5, 0.6) is 0 Å². The molecule has 1 saturated carbocycles. The van der Waals surface area contributed by atoms with Crippen LogP contribution in [0.4, 0.5) is 0 Å². The molecule has 0 saturated heterocycles. The molecule has 0 unspecified atom stereocenters. The molecule has 3 heteroatoms. The predicted octanol–water partition coefficient (Wildman–Crippen LogP) is 3.07. The maximum Gasteiger partial charge on any atom is 0.192 e. The molecule has 0 atom stereocenters. The summed E-state index contributed by atoms with van der Waals surface area (Å²) in [4.78, 5) is 4.34. The van der Waals surface area contributed by atoms with Crippen molar-refractivity contribution < 1.29 is 4.42 Å². The number of aryl methyl sites for hydroxylation is 1. The Labute approximate surface area is 108 Å². The number of nitrogens with one attached hydrogen (secondary N) is 1. The van der Waals surface area contributed by atoms with Gasteiger partial charge in [-0.3, -0.25) is 0 Å². The molecule has 2 aromatic rings. The van der Waals surface area contributed by atoms with E-state index in [9.17, 15) is 0 Å². The van der Waals surface area contributed by atoms with Crippen molar-refractivity contribution in [3.05, 3.63) is 29.7 Å². The van der Waals surface area contributed by atoms with E-state index in [0.717, 1.165) is 30.0 Å². The Hall–Kier alpha value is -1.35. The van der Waals surface area contributed by atoms with Gasteiger partial charge in [-0.15, -0.1) is 0 Å². The van der Waals surface area contributed by atoms with Gasteiger partial charge in [-0.2, -0.15) is 0 Å². The molecule has 0 spiro atoms. The molecule has 1 N–H and O–H groups in total. The molecule has 0 bridgehead atoms. The van der Waals surface area contributed by atoms with Crippen LogP contribution in [-0.4, -0.2) is 18.6 Å². The monoisotopic (exact) mass is 244 g/mol. The topological polar surface area (TPSA) is 38.1 Å². The maximum atomic E-state index is 5.61. The highest BCUT2D eigenvalue weighted by Crippen LogP contribution is 2.43. The Morgan fingerprint density at radius 1 is 1.39 bits per heavy atom. The van der Waals surface area contributed by atoms with Crippen LogP contribution < -0.4 is 5.32 Å². The zero-order valence-corrected chi connectivity index (χ0v) is 11.1. The maximum absolute atomic E-state index is 5.61. The average Bonchev–Trinajstić information content (AvgIpc) is 2.65. The van der Waals surface area contributed by atoms with Gasteiger partial charge in [0.05, 0.1) is 0 Å². The zero-order chi connectivity index (χ0) is 12.6. The molecule has 1 aliphatic carbocycles. The molecule has 1 heterocycles. The Kier molecular flexibility index (Phi) is 2.86. The fourth-order valence-corrected chi connectivity index (χ4v) is 3.10. The van der Waals surface area contributed by atoms with Gasteiger partial charge in [0.25, 0.3) is 0 Å². The molecule has 96 valence electrons. The van der Waals surface area contributed by atoms with Crippen LogP contribution in [-0.2, 0) is 6.42 Å². The van der Waals surface area contributed by atoms with Crippen molar-refractivity contribution in [2.75, 3.05) is 13.6 Å². The molecule has 3 rings (SSSR count). The number of nitrogens with zero attached hydrogens (tertiary/aromatic N) is 1. The zero-order valence-electron chi connectivity index (χ0n) is 11.1. The molecule has 1 aromatic heterocycles. The lowest BCUT2D eigenvalue weighted by Crippen LogP contribution is -2.40. The first-order valence-corrected chi connectivity index (χ1v) is 6.71. The molecule has 3 nitrogen and oxygen atoms in total. The smallest absolute Gasteiger partial charge is 0.192 e. The number of aromatic nitrogens is 1. The molecule has 0 aliphatic heterocycles. The van der Waals surface area contributed by atoms with Crippen molar-refractivity contribution in [2.45, 2.75) is 32.6 Å². The number of fused-ring (bicyclic) bond motifs is 1. The van der Waals surface area contributed by atoms with Crippen LogP contribution in [0.25, 0.3) is 11.1 Å². The van der Waals surface area contributed by atoms with Gasteiger partial charge in [0.2, 0.25) is 0 Å². The molecule has 0 radical (unpaired) electrons. The van der Waals surface area contributed by atoms with Gasteiger partial charge < -0.3 is 9.73 Å². The normalized spacial score (nSPS) is 17.9. The first-order chi connectivity index (χ1) is 8.71. The van der Waals surface area contributed by atoms with E-state index in [-0.39, 0.29) is 0 Å². The SMILES string of the molecule is CNCC1(Cc2ccc3nc(C)oc3c2)CCC1. The molecule has 0 amide bonds. The summed E-state index contributed by atoms with van der Waals surface area (Å²) < 4.78 is 5.61. The van der Waals surface area contributed by atoms with E-state index >= 15 is 0 Å². The summed E-state index contributed by atoms with van der Waals surface area (Å²) in [6, 6.07) is 6.43. The molecule has 1 aromatic carbocycles. The van der Waals surface area contributed by atoms with Gasteiger partial charge >= 0.3 is 0 Å². The van der Waals surface area contributed by atoms with E-state index in [4.69, 9.17) is 4.42 Å². The fourth-order valence-electron chi connectivity index (χ4n) is 3.10. The number of benzene rings is 1. The molecule has 1 aliphatic rings. The largest absolute Gasteiger partial charge is 0.441 e. The first-order valence-electron chi connectivity index (χ1n) is 6.71. The molecule has 1 fully saturated rings. The molecular formula is C15H20N2O. The third-order valence-corrected chi connectivity index (χ3v) is 4.10. The lowest BCUT2D eigenvalue weighted by Gasteiger charge is -2.42. The van der Waals surface area contributed by atoms with Crippen LogP contribution in [0.3, 0.4) is 0 Å². The average molecular weight is 244 g/mol. The fraction of sp³-hybridized carbons (Fsp3) is 0.533. The van der Waals surface area contributed by atoms with Gasteiger partial charge in [-0.05, 0) is 49.4 Å². The summed E-state index contributed by atoms with van der Waals surface area (Å²) >= 11 is 0. The van der Waals surface area contributed by atoms with Crippen molar-refractivity contribution >= 4 is 11.1 Å². The van der Waals surface area contributed by atoms with Gasteiger partial charge in [0, 0.05) is 13.5 Å². The summed E-state index contributed by atoms with van der Waals surface area (Å²) in [5.74, 6) is 0.746. The van der Waals surface area contributed by atoms with Crippen LogP contribution in [0.2, 0.25) is 0 Å². The highest BCUT2D eigenvalue weighted by Gasteiger charge is 2.36. The van der Waals surface area contributed by atoms with E-state index in [1.807, 2.05) is 14.0 Å². The number of rotatable bonds is 4. The summed E-state index contributed by atoms with van der Waals surface area (Å²) in [5, 5.41) is 3.34. The van der Waals surface area contributed by atoms with E-state index in [1.54, 1.807) is 0 Å². The summed E-state index contributed by atoms with van der Waals surface area (Å²) in [6.45, 7) is 3.01. The number of oxazole rings is 1. The van der Waals surface area contributed by atoms with Crippen molar-refractivity contribution in [3.8, 4) is 0 Å². The Balaban J connectivity index is 1.85. The minimum absolute atomic E-state index is 0.470. The summed E-state index contributed by atoms with van der Waals surface area (Å²) in [6.07, 6.45) is 5.18. The third kappa shape index (κ3) is 2.03. The van der Waals surface area contributed by atoms with Crippen LogP contribution in [0.1, 0.15) is 30.7 Å². The Morgan fingerprint density at radius 2 is 2.22 bits per heavy atom. The second-order valence-electron chi connectivity index (χ2n) is 5.60. The van der Waals surface area contributed by atoms with E-state index in [0.29, 0.717) is 5.41 Å². The van der Waals surface area contributed by atoms with Crippen molar-refractivity contribution in [3.63, 3.8) is 0 Å². The molecule has 18 heavy (non-hydrogen) atoms. The van der Waals surface area contributed by atoms with Gasteiger partial charge in [-0.25, -0.2) is 4.98 Å². The number of hydrogen-bond donors (Lipinski definition) is 1. The number of hydrogen-bond acceptors (Lipinski definition) is 3. The predicted molar refractivity (Wildman–Crippen MR) is 72.7 cm³/mol. The lowest BCUT2D eigenvalue weighted by molar-refractivity contribution is 0.133. The minimum atomic E-state index is 0.470. The van der Waals surface area contributed by atoms with Gasteiger partial charge in [0.1, 0.15) is 5.52 Å². The lowest BCUT2D eigenvalue weighted by atomic mass is 9.65. The van der Waals surface area contributed by atoms with Crippen LogP contribution in [0, 0.1) is 12.3 Å². The highest BCUT2D eigenvalue weighted by atomic mass is 16.3. The Bertz CT molecular complexity index is 555. The summed E-state index contributed by atoms with van der Waals surface area (Å²) in [7, 11) is 2.04. The van der Waals surface area contributed by atoms with Gasteiger partial charge in [0.15, 0.2) is 11.5 Å². The minimum Gasteiger partial charge on any atom is -0.441 e. The highest BCUT2D eigenvalue weighted by molar-refractivity contribution is 5.73. The van der Waals surface area contributed by atoms with Crippen LogP contribution >= 0.6 is 0 Å². The standard InChI is InChI=1S/C15H20N2O/c1-11-17-13-5-4-12(8-14(13)18-11)9-15(10-16-2)6-3-7-15/h4-5,8,16H,3,6-7,9-10H2,1-2H3.